The summed E-state index contributed by atoms with van der Waals surface area (Å²) in [5.41, 5.74) is 10.2. The zero-order valence-electron chi connectivity index (χ0n) is 18.1. The van der Waals surface area contributed by atoms with Crippen molar-refractivity contribution in [2.75, 3.05) is 5.73 Å². The predicted octanol–water partition coefficient (Wildman–Crippen LogP) is 3.47. The van der Waals surface area contributed by atoms with E-state index in [0.717, 1.165) is 17.7 Å². The fourth-order valence-corrected chi connectivity index (χ4v) is 4.55. The van der Waals surface area contributed by atoms with E-state index in [1.54, 1.807) is 24.5 Å². The number of hydrogen-bond acceptors (Lipinski definition) is 5. The summed E-state index contributed by atoms with van der Waals surface area (Å²) in [5.74, 6) is -2.68. The van der Waals surface area contributed by atoms with E-state index in [2.05, 4.69) is 10.1 Å². The van der Waals surface area contributed by atoms with Crippen LogP contribution in [0.3, 0.4) is 0 Å². The maximum atomic E-state index is 13.6. The summed E-state index contributed by atoms with van der Waals surface area (Å²) < 4.78 is 28.3. The van der Waals surface area contributed by atoms with E-state index in [9.17, 15) is 18.7 Å². The maximum absolute atomic E-state index is 13.6. The van der Waals surface area contributed by atoms with Gasteiger partial charge in [-0.25, -0.2) is 13.8 Å². The van der Waals surface area contributed by atoms with Crippen molar-refractivity contribution < 1.29 is 18.7 Å². The van der Waals surface area contributed by atoms with Crippen LogP contribution in [0.1, 0.15) is 37.3 Å². The highest BCUT2D eigenvalue weighted by atomic mass is 19.2. The van der Waals surface area contributed by atoms with Gasteiger partial charge in [-0.3, -0.25) is 9.78 Å². The van der Waals surface area contributed by atoms with Crippen molar-refractivity contribution in [1.82, 2.24) is 19.6 Å². The Morgan fingerprint density at radius 3 is 2.44 bits per heavy atom. The van der Waals surface area contributed by atoms with Crippen molar-refractivity contribution in [3.63, 3.8) is 0 Å². The zero-order chi connectivity index (χ0) is 24.0. The molecule has 5 rings (SSSR count). The Kier molecular flexibility index (Phi) is 5.51. The molecule has 4 aromatic rings. The summed E-state index contributed by atoms with van der Waals surface area (Å²) in [4.78, 5) is 20.5. The van der Waals surface area contributed by atoms with E-state index >= 15 is 0 Å². The maximum Gasteiger partial charge on any atom is 0.306 e. The van der Waals surface area contributed by atoms with Crippen LogP contribution in [0.25, 0.3) is 28.0 Å². The third-order valence-corrected chi connectivity index (χ3v) is 6.50. The van der Waals surface area contributed by atoms with Crippen molar-refractivity contribution in [3.05, 3.63) is 60.1 Å². The standard InChI is InChI=1S/C24H20BF2N5O2/c25-20-21(12-1-3-13(4-2-12)24(33)34)31-23-16(11-30-32(23)22(20)28)15-6-8-19(29-10-15)14-5-7-17(26)18(27)9-14/h5-13H,1-4,28H2,(H,33,34). The Hall–Kier alpha value is -3.82. The lowest BCUT2D eigenvalue weighted by molar-refractivity contribution is -0.142. The molecular weight excluding hydrogens is 439 g/mol. The van der Waals surface area contributed by atoms with Crippen LogP contribution in [0.2, 0.25) is 0 Å². The molecule has 10 heteroatoms. The van der Waals surface area contributed by atoms with Gasteiger partial charge in [-0.15, -0.1) is 0 Å². The Morgan fingerprint density at radius 2 is 1.79 bits per heavy atom. The number of halogens is 2. The Labute approximate surface area is 195 Å². The number of aliphatic carboxylic acids is 1. The Bertz CT molecular complexity index is 1400. The number of carboxylic acid groups (broad SMARTS) is 1. The molecule has 1 aromatic carbocycles. The van der Waals surface area contributed by atoms with Crippen molar-refractivity contribution in [2.45, 2.75) is 31.6 Å². The monoisotopic (exact) mass is 459 g/mol. The van der Waals surface area contributed by atoms with Gasteiger partial charge in [-0.2, -0.15) is 9.61 Å². The van der Waals surface area contributed by atoms with E-state index in [1.807, 2.05) is 0 Å². The van der Waals surface area contributed by atoms with Crippen LogP contribution in [-0.4, -0.2) is 38.5 Å². The van der Waals surface area contributed by atoms with Gasteiger partial charge >= 0.3 is 5.97 Å². The topological polar surface area (TPSA) is 106 Å². The molecule has 1 aliphatic carbocycles. The minimum absolute atomic E-state index is 0.0134. The number of nitrogen functional groups attached to an aromatic ring is 1. The summed E-state index contributed by atoms with van der Waals surface area (Å²) in [6, 6.07) is 7.14. The SMILES string of the molecule is [B]c1c(C2CCC(C(=O)O)CC2)nc2c(-c3ccc(-c4ccc(F)c(F)c4)nc3)cnn2c1N. The van der Waals surface area contributed by atoms with E-state index in [-0.39, 0.29) is 17.7 Å². The molecule has 3 heterocycles. The first-order chi connectivity index (χ1) is 16.3. The first-order valence-electron chi connectivity index (χ1n) is 10.9. The van der Waals surface area contributed by atoms with Gasteiger partial charge in [-0.05, 0) is 55.4 Å². The number of fused-ring (bicyclic) bond motifs is 1. The molecule has 0 bridgehead atoms. The lowest BCUT2D eigenvalue weighted by atomic mass is 9.77. The number of nitrogens with two attached hydrogens (primary N) is 1. The van der Waals surface area contributed by atoms with Gasteiger partial charge < -0.3 is 10.8 Å². The molecule has 0 saturated heterocycles. The van der Waals surface area contributed by atoms with E-state index in [4.69, 9.17) is 18.6 Å². The van der Waals surface area contributed by atoms with Crippen molar-refractivity contribution in [3.8, 4) is 22.4 Å². The second kappa shape index (κ2) is 8.51. The zero-order valence-corrected chi connectivity index (χ0v) is 18.1. The van der Waals surface area contributed by atoms with Crippen LogP contribution >= 0.6 is 0 Å². The number of hydrogen-bond donors (Lipinski definition) is 2. The van der Waals surface area contributed by atoms with Gasteiger partial charge in [0.25, 0.3) is 0 Å². The lowest BCUT2D eigenvalue weighted by Gasteiger charge is -2.27. The quantitative estimate of drug-likeness (QED) is 0.453. The fraction of sp³-hybridized carbons (Fsp3) is 0.250. The molecule has 7 nitrogen and oxygen atoms in total. The minimum Gasteiger partial charge on any atom is -0.481 e. The Morgan fingerprint density at radius 1 is 1.06 bits per heavy atom. The molecule has 3 aromatic heterocycles. The third-order valence-electron chi connectivity index (χ3n) is 6.50. The summed E-state index contributed by atoms with van der Waals surface area (Å²) in [6.07, 6.45) is 5.69. The number of pyridine rings is 1. The average molecular weight is 459 g/mol. The molecule has 3 N–H and O–H groups in total. The lowest BCUT2D eigenvalue weighted by Crippen LogP contribution is -2.28. The van der Waals surface area contributed by atoms with E-state index in [0.29, 0.717) is 59.3 Å². The summed E-state index contributed by atoms with van der Waals surface area (Å²) in [6.45, 7) is 0. The smallest absolute Gasteiger partial charge is 0.306 e. The van der Waals surface area contributed by atoms with Crippen LogP contribution in [-0.2, 0) is 4.79 Å². The molecule has 0 unspecified atom stereocenters. The number of nitrogens with zero attached hydrogens (tertiary/aromatic N) is 4. The predicted molar refractivity (Wildman–Crippen MR) is 124 cm³/mol. The minimum atomic E-state index is -0.937. The average Bonchev–Trinajstić information content (AvgIpc) is 3.27. The number of benzene rings is 1. The van der Waals surface area contributed by atoms with Crippen LogP contribution in [0, 0.1) is 17.6 Å². The van der Waals surface area contributed by atoms with Crippen LogP contribution < -0.4 is 11.2 Å². The molecule has 170 valence electrons. The van der Waals surface area contributed by atoms with Crippen molar-refractivity contribution in [2.24, 2.45) is 5.92 Å². The number of rotatable bonds is 4. The highest BCUT2D eigenvalue weighted by Crippen LogP contribution is 2.36. The van der Waals surface area contributed by atoms with E-state index in [1.165, 1.54) is 10.6 Å². The van der Waals surface area contributed by atoms with Crippen LogP contribution in [0.15, 0.2) is 42.7 Å². The van der Waals surface area contributed by atoms with Gasteiger partial charge in [0.2, 0.25) is 0 Å². The second-order valence-electron chi connectivity index (χ2n) is 8.54. The number of aromatic nitrogens is 4. The molecule has 1 saturated carbocycles. The number of carboxylic acids is 1. The van der Waals surface area contributed by atoms with Gasteiger partial charge in [0, 0.05) is 34.5 Å². The second-order valence-corrected chi connectivity index (χ2v) is 8.54. The number of carbonyl (C=O) groups is 1. The first-order valence-corrected chi connectivity index (χ1v) is 10.9. The first kappa shape index (κ1) is 22.0. The largest absolute Gasteiger partial charge is 0.481 e. The van der Waals surface area contributed by atoms with Crippen molar-refractivity contribution >= 4 is 30.7 Å². The van der Waals surface area contributed by atoms with E-state index < -0.39 is 17.6 Å². The highest BCUT2D eigenvalue weighted by molar-refractivity contribution is 6.36. The molecule has 0 spiro atoms. The molecular formula is C24H20BF2N5O2. The molecule has 0 atom stereocenters. The molecule has 34 heavy (non-hydrogen) atoms. The molecule has 0 amide bonds. The summed E-state index contributed by atoms with van der Waals surface area (Å²) in [7, 11) is 6.29. The normalized spacial score (nSPS) is 18.3. The Balaban J connectivity index is 1.50. The van der Waals surface area contributed by atoms with Crippen LogP contribution in [0.5, 0.6) is 0 Å². The van der Waals surface area contributed by atoms with Gasteiger partial charge in [0.15, 0.2) is 17.3 Å². The molecule has 1 fully saturated rings. The molecule has 0 aliphatic heterocycles. The fourth-order valence-electron chi connectivity index (χ4n) is 4.55. The third kappa shape index (κ3) is 3.78. The van der Waals surface area contributed by atoms with Gasteiger partial charge in [0.1, 0.15) is 13.7 Å². The molecule has 2 radical (unpaired) electrons. The molecule has 1 aliphatic rings. The van der Waals surface area contributed by atoms with Gasteiger partial charge in [-0.1, -0.05) is 6.07 Å². The highest BCUT2D eigenvalue weighted by Gasteiger charge is 2.29. The summed E-state index contributed by atoms with van der Waals surface area (Å²) >= 11 is 0. The number of anilines is 1. The van der Waals surface area contributed by atoms with Crippen molar-refractivity contribution in [1.29, 1.82) is 0 Å². The van der Waals surface area contributed by atoms with Gasteiger partial charge in [0.05, 0.1) is 17.8 Å². The van der Waals surface area contributed by atoms with Crippen LogP contribution in [0.4, 0.5) is 14.6 Å². The summed E-state index contributed by atoms with van der Waals surface area (Å²) in [5, 5.41) is 13.6.